The van der Waals surface area contributed by atoms with Crippen LogP contribution in [-0.2, 0) is 6.54 Å². The van der Waals surface area contributed by atoms with Gasteiger partial charge in [-0.15, -0.1) is 0 Å². The summed E-state index contributed by atoms with van der Waals surface area (Å²) in [5.74, 6) is 0.904. The largest absolute Gasteiger partial charge is 0.392 e. The summed E-state index contributed by atoms with van der Waals surface area (Å²) in [5, 5.41) is 9.52. The summed E-state index contributed by atoms with van der Waals surface area (Å²) in [4.78, 5) is 13.0. The van der Waals surface area contributed by atoms with E-state index in [1.807, 2.05) is 30.3 Å². The van der Waals surface area contributed by atoms with Crippen LogP contribution >= 0.6 is 0 Å². The molecule has 3 aromatic rings. The topological polar surface area (TPSA) is 89.8 Å². The smallest absolute Gasteiger partial charge is 0.166 e. The number of hydrogen-bond donors (Lipinski definition) is 2. The van der Waals surface area contributed by atoms with Crippen molar-refractivity contribution in [3.05, 3.63) is 36.7 Å². The molecular weight excluding hydrogens is 254 g/mol. The third kappa shape index (κ3) is 2.21. The maximum absolute atomic E-state index is 9.52. The first-order chi connectivity index (χ1) is 9.65. The summed E-state index contributed by atoms with van der Waals surface area (Å²) >= 11 is 0. The van der Waals surface area contributed by atoms with Gasteiger partial charge in [0.1, 0.15) is 5.52 Å². The van der Waals surface area contributed by atoms with Crippen LogP contribution in [0.3, 0.4) is 0 Å². The highest BCUT2D eigenvalue weighted by Crippen LogP contribution is 2.22. The Labute approximate surface area is 115 Å². The average molecular weight is 269 g/mol. The molecule has 0 radical (unpaired) electrons. The number of rotatable bonds is 3. The fourth-order valence-corrected chi connectivity index (χ4v) is 2.10. The fraction of sp³-hybridized carbons (Fsp3) is 0.214. The van der Waals surface area contributed by atoms with Crippen molar-refractivity contribution in [3.8, 4) is 11.4 Å². The van der Waals surface area contributed by atoms with Gasteiger partial charge in [0.15, 0.2) is 17.3 Å². The Balaban J connectivity index is 2.16. The second kappa shape index (κ2) is 4.90. The molecule has 1 atom stereocenters. The van der Waals surface area contributed by atoms with Crippen molar-refractivity contribution in [3.63, 3.8) is 0 Å². The molecule has 6 heteroatoms. The molecule has 0 fully saturated rings. The van der Waals surface area contributed by atoms with E-state index in [2.05, 4.69) is 15.0 Å². The monoisotopic (exact) mass is 269 g/mol. The lowest BCUT2D eigenvalue weighted by atomic mass is 10.2. The van der Waals surface area contributed by atoms with E-state index in [4.69, 9.17) is 5.73 Å². The van der Waals surface area contributed by atoms with Crippen LogP contribution in [0.25, 0.3) is 22.6 Å². The molecule has 0 aliphatic heterocycles. The average Bonchev–Trinajstić information content (AvgIpc) is 2.83. The summed E-state index contributed by atoms with van der Waals surface area (Å²) < 4.78 is 1.78. The van der Waals surface area contributed by atoms with Gasteiger partial charge >= 0.3 is 0 Å². The fourth-order valence-electron chi connectivity index (χ4n) is 2.10. The Morgan fingerprint density at radius 2 is 2.00 bits per heavy atom. The van der Waals surface area contributed by atoms with E-state index in [1.165, 1.54) is 0 Å². The number of aromatic nitrogens is 4. The molecule has 1 aromatic carbocycles. The number of aliphatic hydroxyl groups is 1. The minimum absolute atomic E-state index is 0.346. The molecule has 0 aliphatic carbocycles. The maximum atomic E-state index is 9.52. The number of nitrogens with two attached hydrogens (primary N) is 1. The van der Waals surface area contributed by atoms with Crippen LogP contribution in [0.1, 0.15) is 6.92 Å². The van der Waals surface area contributed by atoms with E-state index in [9.17, 15) is 5.11 Å². The van der Waals surface area contributed by atoms with Gasteiger partial charge in [-0.2, -0.15) is 0 Å². The number of hydrogen-bond acceptors (Lipinski definition) is 5. The summed E-state index contributed by atoms with van der Waals surface area (Å²) in [6, 6.07) is 9.63. The highest BCUT2D eigenvalue weighted by molar-refractivity contribution is 5.83. The van der Waals surface area contributed by atoms with Crippen LogP contribution in [-0.4, -0.2) is 30.7 Å². The summed E-state index contributed by atoms with van der Waals surface area (Å²) in [7, 11) is 0. The van der Waals surface area contributed by atoms with E-state index < -0.39 is 6.10 Å². The van der Waals surface area contributed by atoms with Crippen molar-refractivity contribution < 1.29 is 5.11 Å². The number of benzene rings is 1. The van der Waals surface area contributed by atoms with E-state index in [-0.39, 0.29) is 0 Å². The summed E-state index contributed by atoms with van der Waals surface area (Å²) in [5.41, 5.74) is 8.04. The third-order valence-corrected chi connectivity index (χ3v) is 2.98. The van der Waals surface area contributed by atoms with Crippen molar-refractivity contribution in [2.24, 2.45) is 0 Å². The second-order valence-electron chi connectivity index (χ2n) is 4.72. The Kier molecular flexibility index (Phi) is 3.08. The van der Waals surface area contributed by atoms with Gasteiger partial charge in [0.2, 0.25) is 0 Å². The number of aliphatic hydroxyl groups excluding tert-OH is 1. The minimum Gasteiger partial charge on any atom is -0.392 e. The molecule has 2 heterocycles. The number of imidazole rings is 1. The number of nitrogen functional groups attached to an aromatic ring is 1. The van der Waals surface area contributed by atoms with Gasteiger partial charge in [0.05, 0.1) is 19.0 Å². The third-order valence-electron chi connectivity index (χ3n) is 2.98. The second-order valence-corrected chi connectivity index (χ2v) is 4.72. The van der Waals surface area contributed by atoms with E-state index in [1.54, 1.807) is 17.8 Å². The van der Waals surface area contributed by atoms with Crippen LogP contribution < -0.4 is 5.73 Å². The quantitative estimate of drug-likeness (QED) is 0.751. The first kappa shape index (κ1) is 12.6. The Bertz CT molecular complexity index is 736. The lowest BCUT2D eigenvalue weighted by molar-refractivity contribution is 0.175. The van der Waals surface area contributed by atoms with Crippen molar-refractivity contribution in [2.45, 2.75) is 19.6 Å². The lowest BCUT2D eigenvalue weighted by Gasteiger charge is -2.07. The normalized spacial score (nSPS) is 12.7. The molecule has 20 heavy (non-hydrogen) atoms. The SMILES string of the molecule is CC(O)Cn1cnc2c(N)nc(-c3ccccc3)nc21. The molecule has 3 N–H and O–H groups in total. The van der Waals surface area contributed by atoms with E-state index in [0.717, 1.165) is 5.56 Å². The number of anilines is 1. The van der Waals surface area contributed by atoms with Gasteiger partial charge in [-0.05, 0) is 6.92 Å². The molecule has 6 nitrogen and oxygen atoms in total. The van der Waals surface area contributed by atoms with Gasteiger partial charge in [0.25, 0.3) is 0 Å². The zero-order chi connectivity index (χ0) is 14.1. The molecule has 0 saturated carbocycles. The molecule has 0 bridgehead atoms. The highest BCUT2D eigenvalue weighted by atomic mass is 16.3. The van der Waals surface area contributed by atoms with Crippen molar-refractivity contribution in [2.75, 3.05) is 5.73 Å². The molecular formula is C14H15N5O. The number of nitrogens with zero attached hydrogens (tertiary/aromatic N) is 4. The van der Waals surface area contributed by atoms with Crippen molar-refractivity contribution in [1.82, 2.24) is 19.5 Å². The van der Waals surface area contributed by atoms with Crippen LogP contribution in [0.4, 0.5) is 5.82 Å². The predicted molar refractivity (Wildman–Crippen MR) is 76.9 cm³/mol. The van der Waals surface area contributed by atoms with E-state index >= 15 is 0 Å². The Morgan fingerprint density at radius 3 is 2.70 bits per heavy atom. The van der Waals surface area contributed by atoms with Gasteiger partial charge in [-0.1, -0.05) is 30.3 Å². The lowest BCUT2D eigenvalue weighted by Crippen LogP contribution is -2.11. The molecule has 0 amide bonds. The Hall–Kier alpha value is -2.47. The van der Waals surface area contributed by atoms with Gasteiger partial charge in [-0.3, -0.25) is 0 Å². The van der Waals surface area contributed by atoms with Crippen molar-refractivity contribution >= 4 is 17.0 Å². The van der Waals surface area contributed by atoms with Crippen molar-refractivity contribution in [1.29, 1.82) is 0 Å². The Morgan fingerprint density at radius 1 is 1.25 bits per heavy atom. The summed E-state index contributed by atoms with van der Waals surface area (Å²) in [6.07, 6.45) is 1.14. The molecule has 0 spiro atoms. The molecule has 0 saturated heterocycles. The standard InChI is InChI=1S/C14H15N5O/c1-9(20)7-19-8-16-11-12(15)17-13(18-14(11)19)10-5-3-2-4-6-10/h2-6,8-9,20H,7H2,1H3,(H2,15,17,18). The summed E-state index contributed by atoms with van der Waals surface area (Å²) in [6.45, 7) is 2.13. The first-order valence-electron chi connectivity index (χ1n) is 6.37. The molecule has 0 aliphatic rings. The molecule has 102 valence electrons. The molecule has 2 aromatic heterocycles. The van der Waals surface area contributed by atoms with Crippen LogP contribution in [0.5, 0.6) is 0 Å². The molecule has 3 rings (SSSR count). The zero-order valence-corrected chi connectivity index (χ0v) is 11.1. The zero-order valence-electron chi connectivity index (χ0n) is 11.1. The minimum atomic E-state index is -0.483. The predicted octanol–water partition coefficient (Wildman–Crippen LogP) is 1.46. The van der Waals surface area contributed by atoms with Crippen LogP contribution in [0.2, 0.25) is 0 Å². The highest BCUT2D eigenvalue weighted by Gasteiger charge is 2.13. The first-order valence-corrected chi connectivity index (χ1v) is 6.37. The molecule has 1 unspecified atom stereocenters. The van der Waals surface area contributed by atoms with Crippen LogP contribution in [0.15, 0.2) is 36.7 Å². The maximum Gasteiger partial charge on any atom is 0.166 e. The van der Waals surface area contributed by atoms with E-state index in [0.29, 0.717) is 29.4 Å². The van der Waals surface area contributed by atoms with Gasteiger partial charge in [-0.25, -0.2) is 15.0 Å². The number of fused-ring (bicyclic) bond motifs is 1. The van der Waals surface area contributed by atoms with Gasteiger partial charge < -0.3 is 15.4 Å². The van der Waals surface area contributed by atoms with Crippen LogP contribution in [0, 0.1) is 0 Å². The van der Waals surface area contributed by atoms with Gasteiger partial charge in [0, 0.05) is 5.56 Å².